The van der Waals surface area contributed by atoms with Gasteiger partial charge in [0, 0.05) is 11.1 Å². The maximum absolute atomic E-state index is 13.4. The lowest BCUT2D eigenvalue weighted by Crippen LogP contribution is -2.19. The molecule has 1 amide bonds. The predicted molar refractivity (Wildman–Crippen MR) is 78.3 cm³/mol. The Balaban J connectivity index is 2.30. The van der Waals surface area contributed by atoms with E-state index in [2.05, 4.69) is 10.5 Å². The van der Waals surface area contributed by atoms with Gasteiger partial charge < -0.3 is 16.3 Å². The van der Waals surface area contributed by atoms with Gasteiger partial charge in [0.2, 0.25) is 0 Å². The number of halogens is 2. The second-order valence-electron chi connectivity index (χ2n) is 4.11. The molecule has 7 heteroatoms. The van der Waals surface area contributed by atoms with Crippen LogP contribution in [-0.2, 0) is 0 Å². The van der Waals surface area contributed by atoms with E-state index in [1.165, 1.54) is 12.1 Å². The van der Waals surface area contributed by atoms with Gasteiger partial charge in [0.25, 0.3) is 5.91 Å². The van der Waals surface area contributed by atoms with Crippen molar-refractivity contribution in [1.29, 1.82) is 0 Å². The lowest BCUT2D eigenvalue weighted by atomic mass is 10.1. The number of oxime groups is 1. The van der Waals surface area contributed by atoms with Crippen molar-refractivity contribution in [2.24, 2.45) is 10.9 Å². The van der Waals surface area contributed by atoms with Gasteiger partial charge >= 0.3 is 0 Å². The van der Waals surface area contributed by atoms with Crippen LogP contribution in [0.5, 0.6) is 0 Å². The average molecular weight is 308 g/mol. The van der Waals surface area contributed by atoms with Crippen LogP contribution in [0.25, 0.3) is 0 Å². The number of nitrogens with zero attached hydrogens (tertiary/aromatic N) is 1. The molecule has 0 aliphatic heterocycles. The molecular weight excluding hydrogens is 297 g/mol. The molecule has 0 bridgehead atoms. The van der Waals surface area contributed by atoms with Gasteiger partial charge in [-0.3, -0.25) is 4.79 Å². The van der Waals surface area contributed by atoms with Crippen molar-refractivity contribution < 1.29 is 14.4 Å². The summed E-state index contributed by atoms with van der Waals surface area (Å²) in [4.78, 5) is 12.1. The molecule has 4 N–H and O–H groups in total. The summed E-state index contributed by atoms with van der Waals surface area (Å²) in [6, 6.07) is 10.2. The molecule has 0 atom stereocenters. The number of carbonyl (C=O) groups excluding carboxylic acids is 1. The second kappa shape index (κ2) is 6.23. The van der Waals surface area contributed by atoms with Gasteiger partial charge in [-0.2, -0.15) is 0 Å². The summed E-state index contributed by atoms with van der Waals surface area (Å²) in [5, 5.41) is 14.1. The van der Waals surface area contributed by atoms with Crippen molar-refractivity contribution in [2.75, 3.05) is 5.32 Å². The van der Waals surface area contributed by atoms with E-state index in [1.54, 1.807) is 24.3 Å². The molecule has 108 valence electrons. The van der Waals surface area contributed by atoms with Crippen molar-refractivity contribution in [2.45, 2.75) is 0 Å². The van der Waals surface area contributed by atoms with Gasteiger partial charge in [-0.15, -0.1) is 0 Å². The van der Waals surface area contributed by atoms with Crippen LogP contribution in [0.4, 0.5) is 10.1 Å². The van der Waals surface area contributed by atoms with Crippen LogP contribution in [0.3, 0.4) is 0 Å². The molecular formula is C14H11ClFN3O2. The van der Waals surface area contributed by atoms with Crippen LogP contribution in [0.1, 0.15) is 15.9 Å². The van der Waals surface area contributed by atoms with E-state index in [0.717, 1.165) is 6.07 Å². The predicted octanol–water partition coefficient (Wildman–Crippen LogP) is 2.83. The molecule has 0 radical (unpaired) electrons. The first-order chi connectivity index (χ1) is 10.0. The fourth-order valence-corrected chi connectivity index (χ4v) is 1.82. The molecule has 2 aromatic rings. The average Bonchev–Trinajstić information content (AvgIpc) is 2.49. The number of amidine groups is 1. The largest absolute Gasteiger partial charge is 0.409 e. The smallest absolute Gasteiger partial charge is 0.255 e. The van der Waals surface area contributed by atoms with E-state index >= 15 is 0 Å². The molecule has 0 aliphatic carbocycles. The second-order valence-corrected chi connectivity index (χ2v) is 4.52. The van der Waals surface area contributed by atoms with Crippen LogP contribution < -0.4 is 11.1 Å². The summed E-state index contributed by atoms with van der Waals surface area (Å²) < 4.78 is 13.4. The quantitative estimate of drug-likeness (QED) is 0.352. The molecule has 5 nitrogen and oxygen atoms in total. The van der Waals surface area contributed by atoms with Gasteiger partial charge in [-0.05, 0) is 30.3 Å². The third-order valence-electron chi connectivity index (χ3n) is 2.74. The molecule has 0 fully saturated rings. The fraction of sp³-hybridized carbons (Fsp3) is 0. The summed E-state index contributed by atoms with van der Waals surface area (Å²) >= 11 is 5.56. The van der Waals surface area contributed by atoms with Gasteiger partial charge in [0.05, 0.1) is 10.7 Å². The Bertz CT molecular complexity index is 719. The third-order valence-corrected chi connectivity index (χ3v) is 3.05. The van der Waals surface area contributed by atoms with Crippen LogP contribution in [0.2, 0.25) is 5.02 Å². The first kappa shape index (κ1) is 14.8. The first-order valence-corrected chi connectivity index (χ1v) is 6.24. The minimum absolute atomic E-state index is 0.0661. The van der Waals surface area contributed by atoms with Crippen molar-refractivity contribution in [3.8, 4) is 0 Å². The summed E-state index contributed by atoms with van der Waals surface area (Å²) in [6.45, 7) is 0. The number of rotatable bonds is 3. The molecule has 0 saturated heterocycles. The Morgan fingerprint density at radius 3 is 2.67 bits per heavy atom. The Labute approximate surface area is 124 Å². The lowest BCUT2D eigenvalue weighted by Gasteiger charge is -2.10. The maximum Gasteiger partial charge on any atom is 0.255 e. The molecule has 0 saturated carbocycles. The number of nitrogens with two attached hydrogens (primary N) is 1. The molecule has 2 rings (SSSR count). The molecule has 0 aromatic heterocycles. The monoisotopic (exact) mass is 307 g/mol. The summed E-state index contributed by atoms with van der Waals surface area (Å²) in [7, 11) is 0. The number of benzene rings is 2. The molecule has 21 heavy (non-hydrogen) atoms. The van der Waals surface area contributed by atoms with Gasteiger partial charge in [-0.25, -0.2) is 4.39 Å². The minimum atomic E-state index is -0.686. The van der Waals surface area contributed by atoms with E-state index in [0.29, 0.717) is 11.3 Å². The fourth-order valence-electron chi connectivity index (χ4n) is 1.70. The van der Waals surface area contributed by atoms with Crippen LogP contribution in [0.15, 0.2) is 47.6 Å². The number of para-hydroxylation sites is 1. The summed E-state index contributed by atoms with van der Waals surface area (Å²) in [6.07, 6.45) is 0. The van der Waals surface area contributed by atoms with E-state index < -0.39 is 11.7 Å². The zero-order valence-electron chi connectivity index (χ0n) is 10.7. The molecule has 0 heterocycles. The summed E-state index contributed by atoms with van der Waals surface area (Å²) in [5.74, 6) is -1.37. The van der Waals surface area contributed by atoms with Crippen LogP contribution in [0, 0.1) is 5.82 Å². The number of hydrogen-bond acceptors (Lipinski definition) is 3. The number of carbonyl (C=O) groups is 1. The highest BCUT2D eigenvalue weighted by Crippen LogP contribution is 2.19. The van der Waals surface area contributed by atoms with E-state index in [4.69, 9.17) is 22.5 Å². The highest BCUT2D eigenvalue weighted by Gasteiger charge is 2.12. The van der Waals surface area contributed by atoms with Gasteiger partial charge in [0.1, 0.15) is 5.82 Å². The Kier molecular flexibility index (Phi) is 4.39. The Morgan fingerprint density at radius 1 is 1.29 bits per heavy atom. The zero-order valence-corrected chi connectivity index (χ0v) is 11.4. The lowest BCUT2D eigenvalue weighted by molar-refractivity contribution is 0.102. The SMILES string of the molecule is N/C(=N/O)c1ccccc1NC(=O)c1ccc(Cl)c(F)c1. The zero-order chi connectivity index (χ0) is 15.4. The van der Waals surface area contributed by atoms with E-state index in [1.807, 2.05) is 0 Å². The summed E-state index contributed by atoms with van der Waals surface area (Å²) in [5.41, 5.74) is 6.32. The van der Waals surface area contributed by atoms with E-state index in [9.17, 15) is 9.18 Å². The van der Waals surface area contributed by atoms with Crippen molar-refractivity contribution in [3.63, 3.8) is 0 Å². The van der Waals surface area contributed by atoms with Crippen molar-refractivity contribution in [3.05, 3.63) is 64.4 Å². The number of anilines is 1. The van der Waals surface area contributed by atoms with Crippen LogP contribution in [-0.4, -0.2) is 17.0 Å². The number of nitrogens with one attached hydrogen (secondary N) is 1. The molecule has 2 aromatic carbocycles. The number of hydrogen-bond donors (Lipinski definition) is 3. The molecule has 0 spiro atoms. The number of amides is 1. The molecule has 0 aliphatic rings. The van der Waals surface area contributed by atoms with Gasteiger partial charge in [-0.1, -0.05) is 28.9 Å². The highest BCUT2D eigenvalue weighted by molar-refractivity contribution is 6.30. The first-order valence-electron chi connectivity index (χ1n) is 5.86. The Hall–Kier alpha value is -2.60. The standard InChI is InChI=1S/C14H11ClFN3O2/c15-10-6-5-8(7-11(10)16)14(20)18-12-4-2-1-3-9(12)13(17)19-21/h1-7,21H,(H2,17,19)(H,18,20). The van der Waals surface area contributed by atoms with E-state index in [-0.39, 0.29) is 16.4 Å². The van der Waals surface area contributed by atoms with Crippen molar-refractivity contribution >= 4 is 29.0 Å². The minimum Gasteiger partial charge on any atom is -0.409 e. The topological polar surface area (TPSA) is 87.7 Å². The maximum atomic E-state index is 13.4. The third kappa shape index (κ3) is 3.29. The highest BCUT2D eigenvalue weighted by atomic mass is 35.5. The Morgan fingerprint density at radius 2 is 2.00 bits per heavy atom. The van der Waals surface area contributed by atoms with Crippen molar-refractivity contribution in [1.82, 2.24) is 0 Å². The van der Waals surface area contributed by atoms with Crippen LogP contribution >= 0.6 is 11.6 Å². The van der Waals surface area contributed by atoms with Gasteiger partial charge in [0.15, 0.2) is 5.84 Å². The molecule has 0 unspecified atom stereocenters. The normalized spacial score (nSPS) is 11.2.